The minimum Gasteiger partial charge on any atom is -0.465 e. The van der Waals surface area contributed by atoms with Crippen LogP contribution >= 0.6 is 0 Å². The molecule has 2 heterocycles. The third-order valence-electron chi connectivity index (χ3n) is 5.20. The average Bonchev–Trinajstić information content (AvgIpc) is 3.27. The van der Waals surface area contributed by atoms with Crippen LogP contribution in [0.4, 0.5) is 31.0 Å². The van der Waals surface area contributed by atoms with Gasteiger partial charge in [0.2, 0.25) is 11.7 Å². The van der Waals surface area contributed by atoms with Crippen LogP contribution < -0.4 is 21.5 Å². The first-order chi connectivity index (χ1) is 15.3. The lowest BCUT2D eigenvalue weighted by molar-refractivity contribution is -0.124. The molecule has 2 amide bonds. The highest BCUT2D eigenvalue weighted by molar-refractivity contribution is 5.80. The zero-order valence-electron chi connectivity index (χ0n) is 17.5. The van der Waals surface area contributed by atoms with Gasteiger partial charge in [0.05, 0.1) is 12.1 Å². The van der Waals surface area contributed by atoms with E-state index in [1.807, 2.05) is 0 Å². The standard InChI is InChI=1S/C20H25F2N7O3/c1-11-25-17(27-15-7-6-14(21)10-23-15)16(22)18(26-11)28-29-19(30)13(9-24-20(31)32)8-12-4-2-3-5-12/h6-7,10,12-13,24H,2-5,8-9H2,1H3,(H,29,30)(H,31,32)(H2,23,25,26,27,28)/t13-/m1/s1. The van der Waals surface area contributed by atoms with Crippen LogP contribution in [0.1, 0.15) is 37.9 Å². The molecule has 172 valence electrons. The van der Waals surface area contributed by atoms with Crippen LogP contribution in [0.2, 0.25) is 0 Å². The molecule has 1 atom stereocenters. The Bertz CT molecular complexity index is 953. The molecule has 2 aromatic heterocycles. The van der Waals surface area contributed by atoms with E-state index in [-0.39, 0.29) is 29.8 Å². The molecule has 1 fully saturated rings. The van der Waals surface area contributed by atoms with Crippen molar-refractivity contribution in [3.05, 3.63) is 35.8 Å². The van der Waals surface area contributed by atoms with Crippen LogP contribution in [-0.4, -0.2) is 38.6 Å². The van der Waals surface area contributed by atoms with Crippen LogP contribution in [0.3, 0.4) is 0 Å². The number of halogens is 2. The van der Waals surface area contributed by atoms with E-state index in [2.05, 4.69) is 36.4 Å². The molecule has 0 unspecified atom stereocenters. The van der Waals surface area contributed by atoms with Gasteiger partial charge in [-0.25, -0.2) is 24.1 Å². The van der Waals surface area contributed by atoms with Gasteiger partial charge in [-0.1, -0.05) is 25.7 Å². The molecule has 2 aromatic rings. The molecule has 0 aromatic carbocycles. The molecule has 10 nitrogen and oxygen atoms in total. The molecule has 1 aliphatic carbocycles. The first kappa shape index (κ1) is 23.1. The van der Waals surface area contributed by atoms with Crippen LogP contribution in [0.5, 0.6) is 0 Å². The van der Waals surface area contributed by atoms with E-state index in [1.165, 1.54) is 13.0 Å². The van der Waals surface area contributed by atoms with Crippen molar-refractivity contribution in [1.82, 2.24) is 25.7 Å². The Morgan fingerprint density at radius 2 is 1.91 bits per heavy atom. The normalized spacial score (nSPS) is 14.6. The Labute approximate surface area is 183 Å². The maximum Gasteiger partial charge on any atom is 0.404 e. The number of hydrogen-bond donors (Lipinski definition) is 5. The van der Waals surface area contributed by atoms with Gasteiger partial charge in [-0.2, -0.15) is 4.39 Å². The van der Waals surface area contributed by atoms with Gasteiger partial charge in [-0.15, -0.1) is 0 Å². The molecule has 1 aliphatic rings. The molecule has 0 aliphatic heterocycles. The summed E-state index contributed by atoms with van der Waals surface area (Å²) in [5, 5.41) is 13.8. The lowest BCUT2D eigenvalue weighted by Crippen LogP contribution is -2.41. The van der Waals surface area contributed by atoms with E-state index in [4.69, 9.17) is 5.11 Å². The van der Waals surface area contributed by atoms with E-state index in [1.54, 1.807) is 0 Å². The molecule has 3 rings (SSSR count). The number of rotatable bonds is 9. The highest BCUT2D eigenvalue weighted by Crippen LogP contribution is 2.30. The van der Waals surface area contributed by atoms with Crippen LogP contribution in [0, 0.1) is 30.4 Å². The number of hydrazine groups is 1. The van der Waals surface area contributed by atoms with Gasteiger partial charge in [0.1, 0.15) is 17.5 Å². The third kappa shape index (κ3) is 6.46. The van der Waals surface area contributed by atoms with Crippen LogP contribution in [0.25, 0.3) is 0 Å². The van der Waals surface area contributed by atoms with E-state index >= 15 is 0 Å². The summed E-state index contributed by atoms with van der Waals surface area (Å²) in [6, 6.07) is 2.49. The molecule has 5 N–H and O–H groups in total. The maximum absolute atomic E-state index is 14.9. The van der Waals surface area contributed by atoms with Crippen molar-refractivity contribution in [1.29, 1.82) is 0 Å². The van der Waals surface area contributed by atoms with Crippen molar-refractivity contribution in [2.45, 2.75) is 39.0 Å². The van der Waals surface area contributed by atoms with Crippen molar-refractivity contribution in [2.75, 3.05) is 17.3 Å². The SMILES string of the molecule is Cc1nc(NNC(=O)[C@@H](CNC(=O)O)CC2CCCC2)c(F)c(Nc2ccc(F)cn2)n1. The van der Waals surface area contributed by atoms with Gasteiger partial charge < -0.3 is 15.7 Å². The van der Waals surface area contributed by atoms with Crippen molar-refractivity contribution >= 4 is 29.5 Å². The molecule has 0 bridgehead atoms. The lowest BCUT2D eigenvalue weighted by Gasteiger charge is -2.20. The highest BCUT2D eigenvalue weighted by atomic mass is 19.1. The van der Waals surface area contributed by atoms with Gasteiger partial charge in [0, 0.05) is 6.54 Å². The molecule has 12 heteroatoms. The lowest BCUT2D eigenvalue weighted by atomic mass is 9.92. The summed E-state index contributed by atoms with van der Waals surface area (Å²) in [6.07, 6.45) is 4.46. The number of nitrogens with zero attached hydrogens (tertiary/aromatic N) is 3. The second-order valence-corrected chi connectivity index (χ2v) is 7.65. The Morgan fingerprint density at radius 1 is 1.19 bits per heavy atom. The fourth-order valence-corrected chi connectivity index (χ4v) is 3.66. The van der Waals surface area contributed by atoms with E-state index in [0.717, 1.165) is 37.9 Å². The summed E-state index contributed by atoms with van der Waals surface area (Å²) >= 11 is 0. The number of aryl methyl sites for hydroxylation is 1. The number of carbonyl (C=O) groups excluding carboxylic acids is 1. The van der Waals surface area contributed by atoms with Gasteiger partial charge in [-0.3, -0.25) is 15.6 Å². The molecule has 0 spiro atoms. The predicted octanol–water partition coefficient (Wildman–Crippen LogP) is 3.11. The molecule has 0 radical (unpaired) electrons. The summed E-state index contributed by atoms with van der Waals surface area (Å²) in [5.41, 5.74) is 4.88. The second kappa shape index (κ2) is 10.6. The van der Waals surface area contributed by atoms with Gasteiger partial charge in [-0.05, 0) is 31.4 Å². The maximum atomic E-state index is 14.9. The zero-order valence-corrected chi connectivity index (χ0v) is 17.5. The number of nitrogens with one attached hydrogen (secondary N) is 4. The largest absolute Gasteiger partial charge is 0.465 e. The molecule has 0 saturated heterocycles. The van der Waals surface area contributed by atoms with Gasteiger partial charge in [0.15, 0.2) is 11.6 Å². The number of anilines is 3. The number of aromatic nitrogens is 3. The number of hydrogen-bond acceptors (Lipinski definition) is 7. The second-order valence-electron chi connectivity index (χ2n) is 7.65. The van der Waals surface area contributed by atoms with Gasteiger partial charge in [0.25, 0.3) is 0 Å². The third-order valence-corrected chi connectivity index (χ3v) is 5.20. The highest BCUT2D eigenvalue weighted by Gasteiger charge is 2.26. The van der Waals surface area contributed by atoms with Crippen molar-refractivity contribution in [3.63, 3.8) is 0 Å². The first-order valence-electron chi connectivity index (χ1n) is 10.3. The monoisotopic (exact) mass is 449 g/mol. The minimum atomic E-state index is -1.22. The fourth-order valence-electron chi connectivity index (χ4n) is 3.66. The van der Waals surface area contributed by atoms with Gasteiger partial charge >= 0.3 is 6.09 Å². The Balaban J connectivity index is 1.67. The molecular weight excluding hydrogens is 424 g/mol. The van der Waals surface area contributed by atoms with E-state index in [0.29, 0.717) is 12.3 Å². The topological polar surface area (TPSA) is 141 Å². The summed E-state index contributed by atoms with van der Waals surface area (Å²) < 4.78 is 27.9. The predicted molar refractivity (Wildman–Crippen MR) is 112 cm³/mol. The summed E-state index contributed by atoms with van der Waals surface area (Å²) in [4.78, 5) is 35.3. The zero-order chi connectivity index (χ0) is 23.1. The van der Waals surface area contributed by atoms with E-state index in [9.17, 15) is 18.4 Å². The number of pyridine rings is 1. The fraction of sp³-hybridized carbons (Fsp3) is 0.450. The number of amides is 2. The summed E-state index contributed by atoms with van der Waals surface area (Å²) in [5.74, 6) is -2.26. The smallest absolute Gasteiger partial charge is 0.404 e. The average molecular weight is 449 g/mol. The Hall–Kier alpha value is -3.57. The van der Waals surface area contributed by atoms with E-state index < -0.39 is 29.6 Å². The van der Waals surface area contributed by atoms with Crippen molar-refractivity contribution < 1.29 is 23.5 Å². The Kier molecular flexibility index (Phi) is 7.68. The first-order valence-corrected chi connectivity index (χ1v) is 10.3. The van der Waals surface area contributed by atoms with Crippen molar-refractivity contribution in [3.8, 4) is 0 Å². The molecular formula is C20H25F2N7O3. The number of carbonyl (C=O) groups is 2. The summed E-state index contributed by atoms with van der Waals surface area (Å²) in [7, 11) is 0. The summed E-state index contributed by atoms with van der Waals surface area (Å²) in [6.45, 7) is 1.49. The molecule has 1 saturated carbocycles. The van der Waals surface area contributed by atoms with Crippen molar-refractivity contribution in [2.24, 2.45) is 11.8 Å². The molecule has 32 heavy (non-hydrogen) atoms. The minimum absolute atomic E-state index is 0.0479. The number of carboxylic acid groups (broad SMARTS) is 1. The quantitative estimate of drug-likeness (QED) is 0.368. The Morgan fingerprint density at radius 3 is 2.56 bits per heavy atom. The van der Waals surface area contributed by atoms with Crippen LogP contribution in [0.15, 0.2) is 18.3 Å². The van der Waals surface area contributed by atoms with Crippen LogP contribution in [-0.2, 0) is 4.79 Å².